The fourth-order valence-electron chi connectivity index (χ4n) is 4.03. The van der Waals surface area contributed by atoms with E-state index in [2.05, 4.69) is 10.3 Å². The number of methoxy groups -OCH3 is 1. The maximum Gasteiger partial charge on any atom is 0.328 e. The van der Waals surface area contributed by atoms with Gasteiger partial charge in [-0.3, -0.25) is 9.78 Å². The number of nitrogens with one attached hydrogen (secondary N) is 1. The lowest BCUT2D eigenvalue weighted by atomic mass is 9.94. The summed E-state index contributed by atoms with van der Waals surface area (Å²) in [5, 5.41) is 12.8. The quantitative estimate of drug-likeness (QED) is 0.243. The van der Waals surface area contributed by atoms with Crippen molar-refractivity contribution in [1.82, 2.24) is 10.3 Å². The number of rotatable bonds is 6. The van der Waals surface area contributed by atoms with E-state index >= 15 is 0 Å². The van der Waals surface area contributed by atoms with Gasteiger partial charge in [0.25, 0.3) is 5.91 Å². The standard InChI is InChI=1S/C27H16Cl4FN3O3/c1-38-27(37)22(35-26(36)24-18(28)3-2-4-19(24)29)9-14-5-6-16(25-17(14)10-15(32)12-34-25)23-20(30)7-13(11-33)8-21(23)31/h2-8,10,12,22H,9H2,1H3,(H,35,36)/t22-/m0/s1. The smallest absolute Gasteiger partial charge is 0.328 e. The van der Waals surface area contributed by atoms with Gasteiger partial charge in [-0.15, -0.1) is 0 Å². The third kappa shape index (κ3) is 5.54. The van der Waals surface area contributed by atoms with Crippen molar-refractivity contribution < 1.29 is 18.7 Å². The van der Waals surface area contributed by atoms with Crippen LogP contribution in [0.5, 0.6) is 0 Å². The molecule has 0 aliphatic heterocycles. The Balaban J connectivity index is 1.79. The van der Waals surface area contributed by atoms with Gasteiger partial charge in [0.05, 0.1) is 56.1 Å². The molecule has 4 rings (SSSR count). The molecule has 11 heteroatoms. The van der Waals surface area contributed by atoms with Crippen molar-refractivity contribution in [3.05, 3.63) is 97.3 Å². The Morgan fingerprint density at radius 3 is 2.32 bits per heavy atom. The Labute approximate surface area is 236 Å². The predicted molar refractivity (Wildman–Crippen MR) is 145 cm³/mol. The summed E-state index contributed by atoms with van der Waals surface area (Å²) in [4.78, 5) is 29.9. The maximum atomic E-state index is 14.3. The summed E-state index contributed by atoms with van der Waals surface area (Å²) in [6, 6.07) is 12.9. The molecule has 1 heterocycles. The van der Waals surface area contributed by atoms with Crippen LogP contribution in [0.3, 0.4) is 0 Å². The van der Waals surface area contributed by atoms with E-state index in [0.717, 1.165) is 6.20 Å². The van der Waals surface area contributed by atoms with E-state index in [-0.39, 0.29) is 37.6 Å². The van der Waals surface area contributed by atoms with Gasteiger partial charge in [-0.2, -0.15) is 5.26 Å². The van der Waals surface area contributed by atoms with Gasteiger partial charge in [0.15, 0.2) is 0 Å². The average Bonchev–Trinajstić information content (AvgIpc) is 2.88. The minimum absolute atomic E-state index is 0.00255. The second kappa shape index (κ2) is 11.5. The SMILES string of the molecule is COC(=O)[C@H](Cc1ccc(-c2c(Cl)cc(C#N)cc2Cl)c2ncc(F)cc12)NC(=O)c1c(Cl)cccc1Cl. The molecule has 0 aliphatic carbocycles. The number of pyridine rings is 1. The number of hydrogen-bond acceptors (Lipinski definition) is 5. The summed E-state index contributed by atoms with van der Waals surface area (Å²) in [5.74, 6) is -2.03. The summed E-state index contributed by atoms with van der Waals surface area (Å²) in [6.45, 7) is 0. The summed E-state index contributed by atoms with van der Waals surface area (Å²) < 4.78 is 19.2. The monoisotopic (exact) mass is 589 g/mol. The van der Waals surface area contributed by atoms with Crippen molar-refractivity contribution in [3.63, 3.8) is 0 Å². The molecule has 0 fully saturated rings. The third-order valence-corrected chi connectivity index (χ3v) is 6.98. The Morgan fingerprint density at radius 2 is 1.71 bits per heavy atom. The van der Waals surface area contributed by atoms with E-state index in [4.69, 9.17) is 51.1 Å². The Hall–Kier alpha value is -3.41. The zero-order valence-corrected chi connectivity index (χ0v) is 22.5. The highest BCUT2D eigenvalue weighted by molar-refractivity contribution is 6.40. The normalized spacial score (nSPS) is 11.6. The molecule has 0 radical (unpaired) electrons. The molecule has 0 unspecified atom stereocenters. The van der Waals surface area contributed by atoms with E-state index in [9.17, 15) is 19.2 Å². The van der Waals surface area contributed by atoms with Crippen LogP contribution < -0.4 is 5.32 Å². The second-order valence-electron chi connectivity index (χ2n) is 8.10. The van der Waals surface area contributed by atoms with Gasteiger partial charge in [0, 0.05) is 22.9 Å². The van der Waals surface area contributed by atoms with E-state index in [1.807, 2.05) is 6.07 Å². The molecule has 1 N–H and O–H groups in total. The van der Waals surface area contributed by atoms with Gasteiger partial charge in [-0.1, -0.05) is 64.6 Å². The number of ether oxygens (including phenoxy) is 1. The van der Waals surface area contributed by atoms with E-state index in [1.165, 1.54) is 37.4 Å². The second-order valence-corrected chi connectivity index (χ2v) is 9.73. The van der Waals surface area contributed by atoms with Crippen molar-refractivity contribution >= 4 is 69.2 Å². The van der Waals surface area contributed by atoms with Crippen molar-refractivity contribution in [2.45, 2.75) is 12.5 Å². The number of nitriles is 1. The van der Waals surface area contributed by atoms with Crippen LogP contribution in [0.1, 0.15) is 21.5 Å². The summed E-state index contributed by atoms with van der Waals surface area (Å²) in [6.07, 6.45) is 0.970. The molecule has 0 saturated carbocycles. The summed E-state index contributed by atoms with van der Waals surface area (Å²) in [5.41, 5.74) is 2.01. The highest BCUT2D eigenvalue weighted by Gasteiger charge is 2.26. The Kier molecular flexibility index (Phi) is 8.39. The van der Waals surface area contributed by atoms with E-state index in [0.29, 0.717) is 27.6 Å². The number of carbonyl (C=O) groups excluding carboxylic acids is 2. The molecule has 192 valence electrons. The summed E-state index contributed by atoms with van der Waals surface area (Å²) >= 11 is 25.2. The molecule has 3 aromatic carbocycles. The molecule has 0 spiro atoms. The Bertz CT molecular complexity index is 1600. The third-order valence-electron chi connectivity index (χ3n) is 5.75. The molecular formula is C27H16Cl4FN3O3. The molecule has 1 aromatic heterocycles. The van der Waals surface area contributed by atoms with Crippen molar-refractivity contribution in [2.24, 2.45) is 0 Å². The van der Waals surface area contributed by atoms with Gasteiger partial charge in [0.2, 0.25) is 0 Å². The molecule has 6 nitrogen and oxygen atoms in total. The van der Waals surface area contributed by atoms with Crippen LogP contribution >= 0.6 is 46.4 Å². The first-order valence-corrected chi connectivity index (χ1v) is 12.4. The van der Waals surface area contributed by atoms with Crippen LogP contribution in [-0.2, 0) is 16.0 Å². The zero-order chi connectivity index (χ0) is 27.6. The van der Waals surface area contributed by atoms with Crippen LogP contribution in [0.15, 0.2) is 54.7 Å². The topological polar surface area (TPSA) is 92.1 Å². The van der Waals surface area contributed by atoms with Gasteiger partial charge in [0.1, 0.15) is 11.9 Å². The van der Waals surface area contributed by atoms with Gasteiger partial charge < -0.3 is 10.1 Å². The van der Waals surface area contributed by atoms with Crippen LogP contribution in [0.25, 0.3) is 22.0 Å². The number of hydrogen-bond donors (Lipinski definition) is 1. The molecule has 1 amide bonds. The molecule has 38 heavy (non-hydrogen) atoms. The lowest BCUT2D eigenvalue weighted by molar-refractivity contribution is -0.142. The van der Waals surface area contributed by atoms with Crippen LogP contribution in [-0.4, -0.2) is 30.0 Å². The van der Waals surface area contributed by atoms with Crippen molar-refractivity contribution in [2.75, 3.05) is 7.11 Å². The average molecular weight is 591 g/mol. The van der Waals surface area contributed by atoms with E-state index in [1.54, 1.807) is 18.2 Å². The first-order chi connectivity index (χ1) is 18.1. The highest BCUT2D eigenvalue weighted by Crippen LogP contribution is 2.40. The molecule has 0 saturated heterocycles. The minimum Gasteiger partial charge on any atom is -0.467 e. The number of esters is 1. The minimum atomic E-state index is -1.17. The molecular weight excluding hydrogens is 575 g/mol. The number of amides is 1. The highest BCUT2D eigenvalue weighted by atomic mass is 35.5. The van der Waals surface area contributed by atoms with Crippen LogP contribution in [0.4, 0.5) is 4.39 Å². The number of carbonyl (C=O) groups is 2. The maximum absolute atomic E-state index is 14.3. The number of benzene rings is 3. The predicted octanol–water partition coefficient (Wildman–Crippen LogP) is 7.04. The largest absolute Gasteiger partial charge is 0.467 e. The molecule has 1 atom stereocenters. The first kappa shape index (κ1) is 27.6. The fourth-order valence-corrected chi connectivity index (χ4v) is 5.29. The number of halogens is 5. The first-order valence-electron chi connectivity index (χ1n) is 10.9. The van der Waals surface area contributed by atoms with Gasteiger partial charge >= 0.3 is 5.97 Å². The van der Waals surface area contributed by atoms with Gasteiger partial charge in [-0.25, -0.2) is 9.18 Å². The van der Waals surface area contributed by atoms with Crippen LogP contribution in [0, 0.1) is 17.1 Å². The Morgan fingerprint density at radius 1 is 1.05 bits per heavy atom. The lowest BCUT2D eigenvalue weighted by Gasteiger charge is -2.19. The van der Waals surface area contributed by atoms with Crippen molar-refractivity contribution in [3.8, 4) is 17.2 Å². The zero-order valence-electron chi connectivity index (χ0n) is 19.5. The van der Waals surface area contributed by atoms with E-state index < -0.39 is 23.7 Å². The molecule has 4 aromatic rings. The fraction of sp³-hybridized carbons (Fsp3) is 0.111. The van der Waals surface area contributed by atoms with Gasteiger partial charge in [-0.05, 0) is 35.9 Å². The lowest BCUT2D eigenvalue weighted by Crippen LogP contribution is -2.43. The van der Waals surface area contributed by atoms with Crippen LogP contribution in [0.2, 0.25) is 20.1 Å². The number of aromatic nitrogens is 1. The molecule has 0 aliphatic rings. The summed E-state index contributed by atoms with van der Waals surface area (Å²) in [7, 11) is 1.18. The van der Waals surface area contributed by atoms with Crippen molar-refractivity contribution in [1.29, 1.82) is 5.26 Å². The number of nitrogens with zero attached hydrogens (tertiary/aromatic N) is 2. The number of fused-ring (bicyclic) bond motifs is 1. The molecule has 0 bridgehead atoms.